The fraction of sp³-hybridized carbons (Fsp3) is 0.263. The monoisotopic (exact) mass is 349 g/mol. The molecule has 132 valence electrons. The summed E-state index contributed by atoms with van der Waals surface area (Å²) in [6.07, 6.45) is 0. The number of hydrogen-bond acceptors (Lipinski definition) is 6. The van der Waals surface area contributed by atoms with E-state index in [1.165, 1.54) is 0 Å². The van der Waals surface area contributed by atoms with Gasteiger partial charge in [0.15, 0.2) is 11.5 Å². The van der Waals surface area contributed by atoms with Crippen LogP contribution >= 0.6 is 0 Å². The molecule has 0 atom stereocenters. The molecule has 26 heavy (non-hydrogen) atoms. The largest absolute Gasteiger partial charge is 0.378 e. The number of nitrogens with one attached hydrogen (secondary N) is 1. The number of rotatable bonds is 3. The van der Waals surface area contributed by atoms with Gasteiger partial charge >= 0.3 is 0 Å². The summed E-state index contributed by atoms with van der Waals surface area (Å²) in [7, 11) is 0. The third-order valence-corrected chi connectivity index (χ3v) is 4.31. The molecule has 2 aromatic heterocycles. The van der Waals surface area contributed by atoms with E-state index in [4.69, 9.17) is 4.74 Å². The Balaban J connectivity index is 1.55. The third kappa shape index (κ3) is 3.34. The Bertz CT molecular complexity index is 936. The number of pyridine rings is 1. The molecule has 3 heterocycles. The molecule has 0 saturated carbocycles. The van der Waals surface area contributed by atoms with Gasteiger partial charge in [0.1, 0.15) is 0 Å². The van der Waals surface area contributed by atoms with Crippen LogP contribution in [0.3, 0.4) is 0 Å². The van der Waals surface area contributed by atoms with Crippen LogP contribution in [0.4, 0.5) is 11.5 Å². The predicted molar refractivity (Wildman–Crippen MR) is 99.5 cm³/mol. The van der Waals surface area contributed by atoms with E-state index in [0.29, 0.717) is 13.2 Å². The number of para-hydroxylation sites is 1. The summed E-state index contributed by atoms with van der Waals surface area (Å²) >= 11 is 0. The highest BCUT2D eigenvalue weighted by Crippen LogP contribution is 2.23. The van der Waals surface area contributed by atoms with Gasteiger partial charge in [0.05, 0.1) is 24.4 Å². The Hall–Kier alpha value is -3.06. The van der Waals surface area contributed by atoms with Crippen molar-refractivity contribution in [1.29, 1.82) is 0 Å². The molecule has 0 aliphatic carbocycles. The second kappa shape index (κ2) is 7.05. The first-order valence-corrected chi connectivity index (χ1v) is 8.55. The lowest BCUT2D eigenvalue weighted by molar-refractivity contribution is 0.102. The van der Waals surface area contributed by atoms with Crippen LogP contribution in [-0.4, -0.2) is 47.4 Å². The molecule has 7 heteroatoms. The van der Waals surface area contributed by atoms with Crippen molar-refractivity contribution in [2.75, 3.05) is 36.5 Å². The van der Waals surface area contributed by atoms with Crippen LogP contribution in [-0.2, 0) is 4.74 Å². The van der Waals surface area contributed by atoms with Crippen molar-refractivity contribution >= 4 is 28.3 Å². The van der Waals surface area contributed by atoms with Gasteiger partial charge in [-0.05, 0) is 31.2 Å². The molecular weight excluding hydrogens is 330 g/mol. The smallest absolute Gasteiger partial charge is 0.276 e. The van der Waals surface area contributed by atoms with Crippen LogP contribution < -0.4 is 10.2 Å². The van der Waals surface area contributed by atoms with Gasteiger partial charge in [-0.25, -0.2) is 0 Å². The maximum absolute atomic E-state index is 12.6. The normalized spacial score (nSPS) is 14.4. The molecule has 1 aromatic carbocycles. The van der Waals surface area contributed by atoms with Gasteiger partial charge in [0.25, 0.3) is 5.91 Å². The Morgan fingerprint density at radius 2 is 1.92 bits per heavy atom. The average molecular weight is 349 g/mol. The summed E-state index contributed by atoms with van der Waals surface area (Å²) in [6, 6.07) is 13.1. The van der Waals surface area contributed by atoms with E-state index in [-0.39, 0.29) is 11.6 Å². The molecule has 4 rings (SSSR count). The number of carbonyl (C=O) groups excluding carboxylic acids is 1. The van der Waals surface area contributed by atoms with Gasteiger partial charge in [-0.3, -0.25) is 9.78 Å². The maximum atomic E-state index is 12.6. The van der Waals surface area contributed by atoms with Gasteiger partial charge in [0, 0.05) is 24.2 Å². The second-order valence-corrected chi connectivity index (χ2v) is 6.16. The van der Waals surface area contributed by atoms with Crippen molar-refractivity contribution in [1.82, 2.24) is 15.2 Å². The minimum absolute atomic E-state index is 0.278. The minimum atomic E-state index is -0.290. The lowest BCUT2D eigenvalue weighted by Crippen LogP contribution is -2.37. The molecule has 1 N–H and O–H groups in total. The molecule has 1 saturated heterocycles. The first-order valence-electron chi connectivity index (χ1n) is 8.55. The van der Waals surface area contributed by atoms with Gasteiger partial charge in [-0.2, -0.15) is 0 Å². The molecule has 3 aromatic rings. The fourth-order valence-corrected chi connectivity index (χ4v) is 3.01. The zero-order chi connectivity index (χ0) is 17.9. The Morgan fingerprint density at radius 3 is 2.69 bits per heavy atom. The van der Waals surface area contributed by atoms with Gasteiger partial charge in [-0.1, -0.05) is 18.2 Å². The van der Waals surface area contributed by atoms with Crippen molar-refractivity contribution in [3.8, 4) is 0 Å². The molecule has 1 aliphatic heterocycles. The topological polar surface area (TPSA) is 80.2 Å². The Morgan fingerprint density at radius 1 is 1.12 bits per heavy atom. The van der Waals surface area contributed by atoms with E-state index < -0.39 is 0 Å². The number of nitrogens with zero attached hydrogens (tertiary/aromatic N) is 4. The van der Waals surface area contributed by atoms with Crippen LogP contribution in [0.1, 0.15) is 16.2 Å². The summed E-state index contributed by atoms with van der Waals surface area (Å²) in [6.45, 7) is 4.82. The first kappa shape index (κ1) is 16.4. The number of fused-ring (bicyclic) bond motifs is 1. The lowest BCUT2D eigenvalue weighted by atomic mass is 10.1. The SMILES string of the molecule is Cc1cc(NC(=O)c2ccc(N3CCOCC3)nn2)c2ccccc2n1. The Labute approximate surface area is 151 Å². The predicted octanol–water partition coefficient (Wildman–Crippen LogP) is 2.42. The molecule has 1 fully saturated rings. The van der Waals surface area contributed by atoms with E-state index in [9.17, 15) is 4.79 Å². The summed E-state index contributed by atoms with van der Waals surface area (Å²) in [5.41, 5.74) is 2.68. The number of benzene rings is 1. The van der Waals surface area contributed by atoms with E-state index >= 15 is 0 Å². The van der Waals surface area contributed by atoms with Crippen LogP contribution in [0.2, 0.25) is 0 Å². The van der Waals surface area contributed by atoms with Crippen molar-refractivity contribution in [2.45, 2.75) is 6.92 Å². The number of aryl methyl sites for hydroxylation is 1. The number of aromatic nitrogens is 3. The second-order valence-electron chi connectivity index (χ2n) is 6.16. The molecule has 1 amide bonds. The minimum Gasteiger partial charge on any atom is -0.378 e. The van der Waals surface area contributed by atoms with Crippen molar-refractivity contribution in [2.24, 2.45) is 0 Å². The maximum Gasteiger partial charge on any atom is 0.276 e. The van der Waals surface area contributed by atoms with Crippen LogP contribution in [0, 0.1) is 6.92 Å². The van der Waals surface area contributed by atoms with Gasteiger partial charge in [0.2, 0.25) is 0 Å². The molecule has 0 unspecified atom stereocenters. The third-order valence-electron chi connectivity index (χ3n) is 4.31. The zero-order valence-corrected chi connectivity index (χ0v) is 14.5. The quantitative estimate of drug-likeness (QED) is 0.782. The number of ether oxygens (including phenoxy) is 1. The number of carbonyl (C=O) groups is 1. The Kier molecular flexibility index (Phi) is 4.45. The van der Waals surface area contributed by atoms with Crippen LogP contribution in [0.15, 0.2) is 42.5 Å². The lowest BCUT2D eigenvalue weighted by Gasteiger charge is -2.27. The van der Waals surface area contributed by atoms with Gasteiger partial charge < -0.3 is 15.0 Å². The van der Waals surface area contributed by atoms with Crippen LogP contribution in [0.25, 0.3) is 10.9 Å². The highest BCUT2D eigenvalue weighted by atomic mass is 16.5. The molecule has 7 nitrogen and oxygen atoms in total. The summed E-state index contributed by atoms with van der Waals surface area (Å²) in [5.74, 6) is 0.469. The molecular formula is C19H19N5O2. The van der Waals surface area contributed by atoms with E-state index in [0.717, 1.165) is 41.2 Å². The number of hydrogen-bond donors (Lipinski definition) is 1. The van der Waals surface area contributed by atoms with Crippen molar-refractivity contribution < 1.29 is 9.53 Å². The number of morpholine rings is 1. The molecule has 0 spiro atoms. The average Bonchev–Trinajstić information content (AvgIpc) is 2.68. The van der Waals surface area contributed by atoms with E-state index in [1.807, 2.05) is 43.3 Å². The molecule has 0 bridgehead atoms. The molecule has 1 aliphatic rings. The highest BCUT2D eigenvalue weighted by Gasteiger charge is 2.15. The van der Waals surface area contributed by atoms with Crippen LogP contribution in [0.5, 0.6) is 0 Å². The van der Waals surface area contributed by atoms with E-state index in [1.54, 1.807) is 6.07 Å². The summed E-state index contributed by atoms with van der Waals surface area (Å²) < 4.78 is 5.34. The number of amides is 1. The van der Waals surface area contributed by atoms with Gasteiger partial charge in [-0.15, -0.1) is 10.2 Å². The first-order chi connectivity index (χ1) is 12.7. The highest BCUT2D eigenvalue weighted by molar-refractivity contribution is 6.07. The zero-order valence-electron chi connectivity index (χ0n) is 14.5. The molecule has 0 radical (unpaired) electrons. The fourth-order valence-electron chi connectivity index (χ4n) is 3.01. The van der Waals surface area contributed by atoms with Crippen molar-refractivity contribution in [3.63, 3.8) is 0 Å². The van der Waals surface area contributed by atoms with E-state index in [2.05, 4.69) is 25.4 Å². The summed E-state index contributed by atoms with van der Waals surface area (Å²) in [4.78, 5) is 19.2. The summed E-state index contributed by atoms with van der Waals surface area (Å²) in [5, 5.41) is 12.1. The number of anilines is 2. The van der Waals surface area contributed by atoms with Crippen molar-refractivity contribution in [3.05, 3.63) is 53.9 Å². The standard InChI is InChI=1S/C19H19N5O2/c1-13-12-17(14-4-2-3-5-15(14)20-13)21-19(25)16-6-7-18(23-22-16)24-8-10-26-11-9-24/h2-7,12H,8-11H2,1H3,(H,20,21,25).